The van der Waals surface area contributed by atoms with E-state index in [-0.39, 0.29) is 17.1 Å². The summed E-state index contributed by atoms with van der Waals surface area (Å²) in [7, 11) is 0. The van der Waals surface area contributed by atoms with Crippen molar-refractivity contribution in [1.29, 1.82) is 0 Å². The van der Waals surface area contributed by atoms with Crippen molar-refractivity contribution < 1.29 is 23.0 Å². The van der Waals surface area contributed by atoms with Crippen LogP contribution in [-0.4, -0.2) is 17.4 Å². The van der Waals surface area contributed by atoms with Crippen LogP contribution >= 0.6 is 0 Å². The summed E-state index contributed by atoms with van der Waals surface area (Å²) in [6.07, 6.45) is -7.22. The zero-order chi connectivity index (χ0) is 15.7. The molecule has 0 radical (unpaired) electrons. The maximum absolute atomic E-state index is 12.6. The Morgan fingerprint density at radius 1 is 1.10 bits per heavy atom. The lowest BCUT2D eigenvalue weighted by atomic mass is 9.84. The minimum Gasteiger partial charge on any atom is -0.491 e. The molecule has 1 unspecified atom stereocenters. The van der Waals surface area contributed by atoms with Crippen LogP contribution < -0.4 is 4.74 Å². The molecule has 0 aromatic heterocycles. The van der Waals surface area contributed by atoms with Crippen molar-refractivity contribution in [1.82, 2.24) is 0 Å². The fourth-order valence-corrected chi connectivity index (χ4v) is 1.85. The minimum absolute atomic E-state index is 0.0745. The van der Waals surface area contributed by atoms with Crippen molar-refractivity contribution in [3.8, 4) is 5.75 Å². The van der Waals surface area contributed by atoms with Gasteiger partial charge in [-0.15, -0.1) is 0 Å². The molecule has 0 spiro atoms. The molecule has 0 saturated carbocycles. The van der Waals surface area contributed by atoms with Gasteiger partial charge in [-0.25, -0.2) is 0 Å². The van der Waals surface area contributed by atoms with Gasteiger partial charge in [0.1, 0.15) is 5.75 Å². The van der Waals surface area contributed by atoms with E-state index < -0.39 is 12.3 Å². The summed E-state index contributed by atoms with van der Waals surface area (Å²) in [4.78, 5) is 0. The Morgan fingerprint density at radius 3 is 2.05 bits per heavy atom. The van der Waals surface area contributed by atoms with Crippen molar-refractivity contribution in [3.05, 3.63) is 29.3 Å². The monoisotopic (exact) mass is 290 g/mol. The van der Waals surface area contributed by atoms with Crippen LogP contribution in [0.15, 0.2) is 18.2 Å². The third kappa shape index (κ3) is 4.13. The van der Waals surface area contributed by atoms with E-state index in [0.717, 1.165) is 0 Å². The van der Waals surface area contributed by atoms with Gasteiger partial charge < -0.3 is 9.84 Å². The van der Waals surface area contributed by atoms with Crippen LogP contribution in [0.2, 0.25) is 0 Å². The molecule has 0 aliphatic heterocycles. The van der Waals surface area contributed by atoms with Crippen LogP contribution in [0.3, 0.4) is 0 Å². The molecular weight excluding hydrogens is 269 g/mol. The second kappa shape index (κ2) is 5.64. The summed E-state index contributed by atoms with van der Waals surface area (Å²) >= 11 is 0. The summed E-state index contributed by atoms with van der Waals surface area (Å²) in [6, 6.07) is 4.12. The van der Waals surface area contributed by atoms with Gasteiger partial charge in [0.25, 0.3) is 0 Å². The maximum atomic E-state index is 12.6. The first-order valence-electron chi connectivity index (χ1n) is 6.49. The summed E-state index contributed by atoms with van der Waals surface area (Å²) in [6.45, 7) is 9.37. The highest BCUT2D eigenvalue weighted by atomic mass is 19.4. The molecular formula is C15H21F3O2. The lowest BCUT2D eigenvalue weighted by Crippen LogP contribution is -2.22. The van der Waals surface area contributed by atoms with Gasteiger partial charge in [0, 0.05) is 0 Å². The van der Waals surface area contributed by atoms with Crippen LogP contribution in [-0.2, 0) is 5.41 Å². The fourth-order valence-electron chi connectivity index (χ4n) is 1.85. The van der Waals surface area contributed by atoms with Crippen molar-refractivity contribution in [2.24, 2.45) is 0 Å². The van der Waals surface area contributed by atoms with E-state index in [1.807, 2.05) is 34.6 Å². The van der Waals surface area contributed by atoms with Gasteiger partial charge in [-0.05, 0) is 42.5 Å². The highest BCUT2D eigenvalue weighted by molar-refractivity contribution is 5.42. The van der Waals surface area contributed by atoms with Crippen molar-refractivity contribution in [2.75, 3.05) is 0 Å². The van der Waals surface area contributed by atoms with E-state index in [1.54, 1.807) is 0 Å². The van der Waals surface area contributed by atoms with Crippen LogP contribution in [0.5, 0.6) is 5.75 Å². The molecule has 0 amide bonds. The van der Waals surface area contributed by atoms with E-state index in [1.165, 1.54) is 18.2 Å². The molecule has 1 aromatic rings. The van der Waals surface area contributed by atoms with Gasteiger partial charge in [0.15, 0.2) is 6.10 Å². The molecule has 1 rings (SSSR count). The van der Waals surface area contributed by atoms with Crippen LogP contribution in [0.1, 0.15) is 51.8 Å². The first-order valence-corrected chi connectivity index (χ1v) is 6.49. The number of benzene rings is 1. The Morgan fingerprint density at radius 2 is 1.65 bits per heavy atom. The third-order valence-corrected chi connectivity index (χ3v) is 2.80. The lowest BCUT2D eigenvalue weighted by molar-refractivity contribution is -0.206. The molecule has 0 aliphatic rings. The number of aliphatic hydroxyl groups is 1. The molecule has 20 heavy (non-hydrogen) atoms. The van der Waals surface area contributed by atoms with Gasteiger partial charge >= 0.3 is 6.18 Å². The van der Waals surface area contributed by atoms with E-state index in [4.69, 9.17) is 4.74 Å². The standard InChI is InChI=1S/C15H21F3O2/c1-9(2)20-12-7-6-10(13(19)15(16,17)18)8-11(12)14(3,4)5/h6-9,13,19H,1-5H3. The number of ether oxygens (including phenoxy) is 1. The average Bonchev–Trinajstić information content (AvgIpc) is 2.25. The highest BCUT2D eigenvalue weighted by Crippen LogP contribution is 2.38. The Hall–Kier alpha value is -1.23. The smallest absolute Gasteiger partial charge is 0.418 e. The topological polar surface area (TPSA) is 29.5 Å². The molecule has 0 bridgehead atoms. The van der Waals surface area contributed by atoms with Gasteiger partial charge in [-0.3, -0.25) is 0 Å². The first-order chi connectivity index (χ1) is 8.93. The van der Waals surface area contributed by atoms with Crippen LogP contribution in [0.4, 0.5) is 13.2 Å². The normalized spacial score (nSPS) is 14.5. The van der Waals surface area contributed by atoms with E-state index in [0.29, 0.717) is 11.3 Å². The van der Waals surface area contributed by atoms with Crippen molar-refractivity contribution in [3.63, 3.8) is 0 Å². The SMILES string of the molecule is CC(C)Oc1ccc(C(O)C(F)(F)F)cc1C(C)(C)C. The fraction of sp³-hybridized carbons (Fsp3) is 0.600. The summed E-state index contributed by atoms with van der Waals surface area (Å²) in [5.41, 5.74) is 0.0940. The predicted molar refractivity (Wildman–Crippen MR) is 71.9 cm³/mol. The zero-order valence-corrected chi connectivity index (χ0v) is 12.4. The number of hydrogen-bond acceptors (Lipinski definition) is 2. The average molecular weight is 290 g/mol. The Labute approximate surface area is 117 Å². The molecule has 0 saturated heterocycles. The quantitative estimate of drug-likeness (QED) is 0.896. The largest absolute Gasteiger partial charge is 0.491 e. The van der Waals surface area contributed by atoms with Crippen molar-refractivity contribution in [2.45, 2.75) is 58.4 Å². The molecule has 5 heteroatoms. The van der Waals surface area contributed by atoms with Gasteiger partial charge in [0.05, 0.1) is 6.10 Å². The molecule has 2 nitrogen and oxygen atoms in total. The van der Waals surface area contributed by atoms with E-state index >= 15 is 0 Å². The summed E-state index contributed by atoms with van der Waals surface area (Å²) in [5.74, 6) is 0.547. The third-order valence-electron chi connectivity index (χ3n) is 2.80. The predicted octanol–water partition coefficient (Wildman–Crippen LogP) is 4.37. The highest BCUT2D eigenvalue weighted by Gasteiger charge is 2.40. The molecule has 1 N–H and O–H groups in total. The number of aliphatic hydroxyl groups excluding tert-OH is 1. The molecule has 0 fully saturated rings. The Bertz CT molecular complexity index is 459. The number of alkyl halides is 3. The Kier molecular flexibility index (Phi) is 4.74. The molecule has 0 aliphatic carbocycles. The second-order valence-corrected chi connectivity index (χ2v) is 6.12. The molecule has 1 aromatic carbocycles. The number of hydrogen-bond donors (Lipinski definition) is 1. The first kappa shape index (κ1) is 16.8. The zero-order valence-electron chi connectivity index (χ0n) is 12.4. The van der Waals surface area contributed by atoms with Gasteiger partial charge in [-0.2, -0.15) is 13.2 Å². The van der Waals surface area contributed by atoms with Crippen LogP contribution in [0, 0.1) is 0 Å². The summed E-state index contributed by atoms with van der Waals surface area (Å²) < 4.78 is 43.4. The molecule has 114 valence electrons. The summed E-state index contributed by atoms with van der Waals surface area (Å²) in [5, 5.41) is 9.35. The van der Waals surface area contributed by atoms with E-state index in [2.05, 4.69) is 0 Å². The van der Waals surface area contributed by atoms with E-state index in [9.17, 15) is 18.3 Å². The van der Waals surface area contributed by atoms with Gasteiger partial charge in [-0.1, -0.05) is 26.8 Å². The molecule has 1 atom stereocenters. The molecule has 0 heterocycles. The second-order valence-electron chi connectivity index (χ2n) is 6.12. The number of rotatable bonds is 3. The Balaban J connectivity index is 3.28. The van der Waals surface area contributed by atoms with Crippen LogP contribution in [0.25, 0.3) is 0 Å². The maximum Gasteiger partial charge on any atom is 0.418 e. The number of halogens is 3. The van der Waals surface area contributed by atoms with Crippen molar-refractivity contribution >= 4 is 0 Å². The van der Waals surface area contributed by atoms with Gasteiger partial charge in [0.2, 0.25) is 0 Å². The lowest BCUT2D eigenvalue weighted by Gasteiger charge is -2.26. The minimum atomic E-state index is -4.67.